The minimum Gasteiger partial charge on any atom is -0.480 e. The maximum atomic E-state index is 12.6. The van der Waals surface area contributed by atoms with Gasteiger partial charge in [-0.15, -0.1) is 0 Å². The van der Waals surface area contributed by atoms with Gasteiger partial charge in [0, 0.05) is 57.5 Å². The number of hydrogen-bond donors (Lipinski definition) is 9. The highest BCUT2D eigenvalue weighted by Crippen LogP contribution is 2.01. The maximum Gasteiger partial charge on any atom is 0.317 e. The Kier molecular flexibility index (Phi) is 18.8. The molecule has 0 aliphatic heterocycles. The lowest BCUT2D eigenvalue weighted by Crippen LogP contribution is -2.50. The first kappa shape index (κ1) is 39.4. The molecule has 20 nitrogen and oxygen atoms in total. The van der Waals surface area contributed by atoms with Crippen LogP contribution >= 0.6 is 0 Å². The van der Waals surface area contributed by atoms with E-state index < -0.39 is 73.8 Å². The lowest BCUT2D eigenvalue weighted by molar-refractivity contribution is -0.143. The Balaban J connectivity index is 2.49. The fourth-order valence-corrected chi connectivity index (χ4v) is 4.12. The maximum absolute atomic E-state index is 12.6. The number of carboxylic acids is 4. The van der Waals surface area contributed by atoms with Crippen molar-refractivity contribution in [3.05, 3.63) is 18.2 Å². The van der Waals surface area contributed by atoms with Crippen molar-refractivity contribution in [3.8, 4) is 0 Å². The molecule has 1 atom stereocenters. The monoisotopic (exact) mass is 657 g/mol. The summed E-state index contributed by atoms with van der Waals surface area (Å²) < 4.78 is 0. The number of nitrogens with zero attached hydrogens (tertiary/aromatic N) is 4. The van der Waals surface area contributed by atoms with Crippen LogP contribution in [0.2, 0.25) is 0 Å². The van der Waals surface area contributed by atoms with Crippen LogP contribution in [0.15, 0.2) is 12.5 Å². The number of hydrogen-bond acceptors (Lipinski definition) is 12. The molecule has 10 N–H and O–H groups in total. The zero-order valence-electron chi connectivity index (χ0n) is 25.4. The second-order valence-corrected chi connectivity index (χ2v) is 10.4. The highest BCUT2D eigenvalue weighted by atomic mass is 16.4. The van der Waals surface area contributed by atoms with Gasteiger partial charge in [-0.3, -0.25) is 59.1 Å². The van der Waals surface area contributed by atoms with Gasteiger partial charge in [-0.2, -0.15) is 0 Å². The number of aromatic nitrogens is 2. The SMILES string of the molecule is NC(Cc1cnc[nH]1)C(=O)NNC(=O)CCCCCNC(=O)CN(CCN(CC(=O)O)CC(=O)O)CCN(CC(=O)O)CC(=O)O. The van der Waals surface area contributed by atoms with Gasteiger partial charge in [0.05, 0.1) is 45.1 Å². The van der Waals surface area contributed by atoms with Crippen LogP contribution < -0.4 is 21.9 Å². The van der Waals surface area contributed by atoms with Crippen LogP contribution in [0, 0.1) is 0 Å². The van der Waals surface area contributed by atoms with E-state index in [0.29, 0.717) is 25.0 Å². The molecule has 1 aromatic rings. The van der Waals surface area contributed by atoms with Crippen molar-refractivity contribution in [2.24, 2.45) is 5.73 Å². The highest BCUT2D eigenvalue weighted by molar-refractivity contribution is 5.85. The van der Waals surface area contributed by atoms with Crippen LogP contribution in [0.1, 0.15) is 31.4 Å². The predicted molar refractivity (Wildman–Crippen MR) is 158 cm³/mol. The standard InChI is InChI=1S/C26H43N9O11/c27-19(10-18-11-28-17-30-18)26(46)32-31-20(36)4-2-1-3-5-29-21(37)12-33(6-8-34(13-22(38)39)14-23(40)41)7-9-35(15-24(42)43)16-25(44)45/h11,17,19H,1-10,12-16,27H2,(H,28,30)(H,29,37)(H,31,36)(H,32,46)(H,38,39)(H,40,41)(H,42,43)(H,44,45). The minimum atomic E-state index is -1.24. The van der Waals surface area contributed by atoms with Gasteiger partial charge in [0.25, 0.3) is 5.91 Å². The number of carbonyl (C=O) groups is 7. The zero-order valence-corrected chi connectivity index (χ0v) is 25.4. The van der Waals surface area contributed by atoms with E-state index in [-0.39, 0.29) is 52.1 Å². The molecule has 0 radical (unpaired) electrons. The molecule has 20 heteroatoms. The molecule has 3 amide bonds. The van der Waals surface area contributed by atoms with E-state index in [0.717, 1.165) is 9.80 Å². The number of amides is 3. The average molecular weight is 658 g/mol. The van der Waals surface area contributed by atoms with Gasteiger partial charge >= 0.3 is 23.9 Å². The van der Waals surface area contributed by atoms with E-state index >= 15 is 0 Å². The summed E-state index contributed by atoms with van der Waals surface area (Å²) in [4.78, 5) is 91.6. The Morgan fingerprint density at radius 2 is 1.24 bits per heavy atom. The van der Waals surface area contributed by atoms with Crippen molar-refractivity contribution >= 4 is 41.6 Å². The van der Waals surface area contributed by atoms with Gasteiger partial charge in [0.1, 0.15) is 0 Å². The van der Waals surface area contributed by atoms with Crippen molar-refractivity contribution in [3.63, 3.8) is 0 Å². The quantitative estimate of drug-likeness (QED) is 0.0362. The molecule has 0 aromatic carbocycles. The number of carbonyl (C=O) groups excluding carboxylic acids is 3. The molecule has 1 aromatic heterocycles. The molecule has 1 heterocycles. The number of rotatable bonds is 25. The Morgan fingerprint density at radius 3 is 1.72 bits per heavy atom. The molecule has 0 aliphatic carbocycles. The molecule has 0 saturated heterocycles. The number of hydrazine groups is 1. The second-order valence-electron chi connectivity index (χ2n) is 10.4. The van der Waals surface area contributed by atoms with Crippen LogP contribution in [0.5, 0.6) is 0 Å². The van der Waals surface area contributed by atoms with Crippen molar-refractivity contribution in [2.75, 3.05) is 65.4 Å². The molecule has 0 aliphatic rings. The molecule has 46 heavy (non-hydrogen) atoms. The van der Waals surface area contributed by atoms with Crippen molar-refractivity contribution in [2.45, 2.75) is 38.1 Å². The smallest absolute Gasteiger partial charge is 0.317 e. The summed E-state index contributed by atoms with van der Waals surface area (Å²) in [7, 11) is 0. The molecule has 0 bridgehead atoms. The Bertz CT molecular complexity index is 1080. The number of aromatic amines is 1. The summed E-state index contributed by atoms with van der Waals surface area (Å²) in [5, 5.41) is 39.0. The van der Waals surface area contributed by atoms with Crippen LogP contribution in [0.3, 0.4) is 0 Å². The normalized spacial score (nSPS) is 11.7. The van der Waals surface area contributed by atoms with Crippen LogP contribution in [-0.2, 0) is 40.0 Å². The summed E-state index contributed by atoms with van der Waals surface area (Å²) in [6, 6.07) is -0.887. The first-order valence-corrected chi connectivity index (χ1v) is 14.4. The molecule has 1 rings (SSSR count). The Hall–Kier alpha value is -4.66. The van der Waals surface area contributed by atoms with Crippen LogP contribution in [0.25, 0.3) is 0 Å². The summed E-state index contributed by atoms with van der Waals surface area (Å²) in [5.41, 5.74) is 11.0. The summed E-state index contributed by atoms with van der Waals surface area (Å²) >= 11 is 0. The fraction of sp³-hybridized carbons (Fsp3) is 0.615. The largest absolute Gasteiger partial charge is 0.480 e. The molecule has 0 spiro atoms. The summed E-state index contributed by atoms with van der Waals surface area (Å²) in [6.07, 6.45) is 4.89. The predicted octanol–water partition coefficient (Wildman–Crippen LogP) is -3.65. The Morgan fingerprint density at radius 1 is 0.717 bits per heavy atom. The van der Waals surface area contributed by atoms with E-state index in [4.69, 9.17) is 26.2 Å². The third-order valence-electron chi connectivity index (χ3n) is 6.33. The minimum absolute atomic E-state index is 0.0392. The third kappa shape index (κ3) is 19.6. The molecule has 0 fully saturated rings. The lowest BCUT2D eigenvalue weighted by atomic mass is 10.1. The number of aliphatic carboxylic acids is 4. The number of nitrogens with one attached hydrogen (secondary N) is 4. The van der Waals surface area contributed by atoms with Crippen molar-refractivity contribution in [1.29, 1.82) is 0 Å². The van der Waals surface area contributed by atoms with Crippen molar-refractivity contribution in [1.82, 2.24) is 40.8 Å². The van der Waals surface area contributed by atoms with E-state index in [1.54, 1.807) is 4.90 Å². The first-order valence-electron chi connectivity index (χ1n) is 14.4. The average Bonchev–Trinajstić information content (AvgIpc) is 3.46. The number of imidazole rings is 1. The molecular weight excluding hydrogens is 614 g/mol. The van der Waals surface area contributed by atoms with Gasteiger partial charge in [0.15, 0.2) is 0 Å². The summed E-state index contributed by atoms with van der Waals surface area (Å²) in [6.45, 7) is -2.15. The third-order valence-corrected chi connectivity index (χ3v) is 6.33. The van der Waals surface area contributed by atoms with E-state index in [1.807, 2.05) is 0 Å². The van der Waals surface area contributed by atoms with Gasteiger partial charge in [-0.05, 0) is 12.8 Å². The second kappa shape index (κ2) is 21.9. The van der Waals surface area contributed by atoms with Crippen LogP contribution in [-0.4, -0.2) is 158 Å². The number of carboxylic acid groups (broad SMARTS) is 4. The molecule has 0 saturated carbocycles. The van der Waals surface area contributed by atoms with E-state index in [2.05, 4.69) is 26.1 Å². The fourth-order valence-electron chi connectivity index (χ4n) is 4.12. The lowest BCUT2D eigenvalue weighted by Gasteiger charge is -2.28. The summed E-state index contributed by atoms with van der Waals surface area (Å²) in [5.74, 6) is -6.37. The first-order chi connectivity index (χ1) is 21.7. The molecule has 1 unspecified atom stereocenters. The molecular formula is C26H43N9O11. The van der Waals surface area contributed by atoms with Gasteiger partial charge in [-0.25, -0.2) is 4.98 Å². The topological polar surface area (TPSA) is 301 Å². The van der Waals surface area contributed by atoms with E-state index in [1.165, 1.54) is 12.5 Å². The number of unbranched alkanes of at least 4 members (excludes halogenated alkanes) is 2. The van der Waals surface area contributed by atoms with Gasteiger partial charge in [0.2, 0.25) is 11.8 Å². The zero-order chi connectivity index (χ0) is 34.5. The number of H-pyrrole nitrogens is 1. The van der Waals surface area contributed by atoms with Crippen LogP contribution in [0.4, 0.5) is 0 Å². The molecule has 258 valence electrons. The van der Waals surface area contributed by atoms with Crippen molar-refractivity contribution < 1.29 is 54.0 Å². The van der Waals surface area contributed by atoms with Gasteiger partial charge < -0.3 is 36.5 Å². The van der Waals surface area contributed by atoms with Gasteiger partial charge in [-0.1, -0.05) is 6.42 Å². The Labute approximate surface area is 264 Å². The van der Waals surface area contributed by atoms with E-state index in [9.17, 15) is 33.6 Å². The highest BCUT2D eigenvalue weighted by Gasteiger charge is 2.20. The number of nitrogens with two attached hydrogens (primary N) is 1.